The van der Waals surface area contributed by atoms with E-state index in [9.17, 15) is 24.6 Å². The van der Waals surface area contributed by atoms with E-state index in [4.69, 9.17) is 4.42 Å². The van der Waals surface area contributed by atoms with Crippen molar-refractivity contribution in [2.24, 2.45) is 0 Å². The van der Waals surface area contributed by atoms with Crippen LogP contribution in [0, 0.1) is 0 Å². The highest BCUT2D eigenvalue weighted by atomic mass is 35.5. The van der Waals surface area contributed by atoms with Gasteiger partial charge in [0.15, 0.2) is 0 Å². The quantitative estimate of drug-likeness (QED) is 0.115. The maximum Gasteiger partial charge on any atom is 0.200 e. The second kappa shape index (κ2) is 22.1. The molecule has 0 atom stereocenters. The van der Waals surface area contributed by atoms with Crippen molar-refractivity contribution in [2.75, 3.05) is 39.3 Å². The third kappa shape index (κ3) is 12.1. The van der Waals surface area contributed by atoms with Crippen molar-refractivity contribution in [3.05, 3.63) is 56.7 Å². The Labute approximate surface area is 292 Å². The molecule has 3 rings (SSSR count). The van der Waals surface area contributed by atoms with Gasteiger partial charge in [-0.05, 0) is 132 Å². The van der Waals surface area contributed by atoms with Crippen molar-refractivity contribution in [1.29, 1.82) is 0 Å². The molecule has 0 saturated heterocycles. The van der Waals surface area contributed by atoms with Crippen LogP contribution in [0.25, 0.3) is 21.9 Å². The molecular formula is C37H54Cl2N2O6-2. The standard InChI is InChI=1S/C37H54N2O6.2ClH/c1-5-9-19-38(20-10-6-2)23-13-15-27-26-32-34(35(40)30-25-28(36(41)42)17-18-31(30)45-32)29(33(27)37(43)44)16-14-24-39(21-11-7-3)22-12-8-4;;/h17-18,25-26H,5-16,19-24H2,1-4H3,(H,41,42)(H,43,44);2*1H/p-2. The smallest absolute Gasteiger partial charge is 0.200 e. The van der Waals surface area contributed by atoms with E-state index in [1.807, 2.05) is 0 Å². The monoisotopic (exact) mass is 692 g/mol. The van der Waals surface area contributed by atoms with Gasteiger partial charge in [0.25, 0.3) is 0 Å². The third-order valence-electron chi connectivity index (χ3n) is 8.72. The number of aromatic carboxylic acids is 2. The number of carboxylic acid groups (broad SMARTS) is 2. The molecule has 0 unspecified atom stereocenters. The van der Waals surface area contributed by atoms with Gasteiger partial charge in [-0.25, -0.2) is 0 Å². The number of hydrogen-bond donors (Lipinski definition) is 0. The predicted octanol–water partition coefficient (Wildman–Crippen LogP) is 6.19. The molecule has 0 amide bonds. The largest absolute Gasteiger partial charge is 0.545 e. The van der Waals surface area contributed by atoms with Gasteiger partial charge in [0.05, 0.1) is 22.7 Å². The highest BCUT2D eigenvalue weighted by Gasteiger charge is 2.21. The summed E-state index contributed by atoms with van der Waals surface area (Å²) in [5.41, 5.74) is 1.14. The number of benzene rings is 2. The Morgan fingerprint density at radius 2 is 1.15 bits per heavy atom. The Kier molecular flexibility index (Phi) is 19.9. The number of aryl methyl sites for hydroxylation is 2. The van der Waals surface area contributed by atoms with Crippen LogP contribution in [-0.2, 0) is 12.8 Å². The number of unbranched alkanes of at least 4 members (excludes halogenated alkanes) is 4. The van der Waals surface area contributed by atoms with Crippen LogP contribution in [0.1, 0.15) is 124 Å². The first-order chi connectivity index (χ1) is 21.7. The van der Waals surface area contributed by atoms with E-state index in [2.05, 4.69) is 37.5 Å². The van der Waals surface area contributed by atoms with Gasteiger partial charge in [-0.2, -0.15) is 0 Å². The average Bonchev–Trinajstić information content (AvgIpc) is 3.02. The third-order valence-corrected chi connectivity index (χ3v) is 8.72. The molecule has 47 heavy (non-hydrogen) atoms. The second-order valence-corrected chi connectivity index (χ2v) is 12.3. The van der Waals surface area contributed by atoms with Crippen molar-refractivity contribution in [1.82, 2.24) is 9.80 Å². The van der Waals surface area contributed by atoms with Gasteiger partial charge < -0.3 is 34.0 Å². The molecule has 0 radical (unpaired) electrons. The number of fused-ring (bicyclic) bond motifs is 2. The highest BCUT2D eigenvalue weighted by molar-refractivity contribution is 6.01. The number of carbonyl (C=O) groups excluding carboxylic acids is 2. The zero-order valence-corrected chi connectivity index (χ0v) is 30.3. The molecule has 1 aromatic heterocycles. The first-order valence-corrected chi connectivity index (χ1v) is 17.2. The summed E-state index contributed by atoms with van der Waals surface area (Å²) in [4.78, 5) is 43.2. The normalized spacial score (nSPS) is 11.3. The summed E-state index contributed by atoms with van der Waals surface area (Å²) >= 11 is 0. The summed E-state index contributed by atoms with van der Waals surface area (Å²) in [6.45, 7) is 14.4. The lowest BCUT2D eigenvalue weighted by Crippen LogP contribution is -2.29. The van der Waals surface area contributed by atoms with Crippen molar-refractivity contribution in [2.45, 2.75) is 105 Å². The van der Waals surface area contributed by atoms with Crippen molar-refractivity contribution in [3.8, 4) is 0 Å². The van der Waals surface area contributed by atoms with Crippen LogP contribution in [0.2, 0.25) is 0 Å². The fraction of sp³-hybridized carbons (Fsp3) is 0.595. The highest BCUT2D eigenvalue weighted by Crippen LogP contribution is 2.29. The molecule has 0 aliphatic carbocycles. The minimum atomic E-state index is -1.39. The Bertz CT molecular complexity index is 1460. The van der Waals surface area contributed by atoms with Crippen LogP contribution in [-0.4, -0.2) is 61.0 Å². The lowest BCUT2D eigenvalue weighted by molar-refractivity contribution is -0.256. The van der Waals surface area contributed by atoms with Gasteiger partial charge in [-0.15, -0.1) is 24.8 Å². The van der Waals surface area contributed by atoms with Gasteiger partial charge in [-0.1, -0.05) is 53.4 Å². The van der Waals surface area contributed by atoms with E-state index in [1.165, 1.54) is 18.2 Å². The van der Waals surface area contributed by atoms with Gasteiger partial charge in [-0.3, -0.25) is 4.79 Å². The molecule has 0 saturated carbocycles. The summed E-state index contributed by atoms with van der Waals surface area (Å²) in [5, 5.41) is 24.7. The summed E-state index contributed by atoms with van der Waals surface area (Å²) in [6, 6.07) is 5.76. The first kappa shape index (κ1) is 42.4. The number of rotatable bonds is 22. The summed E-state index contributed by atoms with van der Waals surface area (Å²) in [5.74, 6) is -2.69. The Balaban J connectivity index is 0.00000552. The molecule has 2 aromatic carbocycles. The fourth-order valence-electron chi connectivity index (χ4n) is 6.15. The van der Waals surface area contributed by atoms with E-state index < -0.39 is 17.4 Å². The zero-order chi connectivity index (χ0) is 32.8. The minimum Gasteiger partial charge on any atom is -0.545 e. The van der Waals surface area contributed by atoms with Crippen molar-refractivity contribution in [3.63, 3.8) is 0 Å². The number of nitrogens with zero attached hydrogens (tertiary/aromatic N) is 2. The second-order valence-electron chi connectivity index (χ2n) is 12.3. The summed E-state index contributed by atoms with van der Waals surface area (Å²) < 4.78 is 6.20. The predicted molar refractivity (Wildman–Crippen MR) is 192 cm³/mol. The van der Waals surface area contributed by atoms with Crippen molar-refractivity contribution < 1.29 is 24.2 Å². The fourth-order valence-corrected chi connectivity index (χ4v) is 6.15. The Morgan fingerprint density at radius 3 is 1.62 bits per heavy atom. The maximum atomic E-state index is 13.9. The molecular weight excluding hydrogens is 639 g/mol. The molecule has 0 aliphatic rings. The Hall–Kier alpha value is -2.65. The van der Waals surface area contributed by atoms with E-state index >= 15 is 0 Å². The van der Waals surface area contributed by atoms with Crippen LogP contribution < -0.4 is 15.6 Å². The maximum absolute atomic E-state index is 13.9. The molecule has 10 heteroatoms. The summed E-state index contributed by atoms with van der Waals surface area (Å²) in [6.07, 6.45) is 11.2. The van der Waals surface area contributed by atoms with Gasteiger partial charge in [0.1, 0.15) is 11.2 Å². The lowest BCUT2D eigenvalue weighted by atomic mass is 9.90. The van der Waals surface area contributed by atoms with E-state index in [1.54, 1.807) is 6.07 Å². The topological polar surface area (TPSA) is 117 Å². The van der Waals surface area contributed by atoms with E-state index in [-0.39, 0.29) is 52.3 Å². The summed E-state index contributed by atoms with van der Waals surface area (Å²) in [7, 11) is 0. The molecule has 0 N–H and O–H groups in total. The molecule has 1 heterocycles. The number of halogens is 2. The SMILES string of the molecule is CCCCN(CCCC)CCCc1cc2oc3ccc(C(=O)[O-])cc3c(=O)c2c(CCCN(CCCC)CCCC)c1C(=O)[O-].Cl.Cl. The van der Waals surface area contributed by atoms with Crippen LogP contribution in [0.4, 0.5) is 0 Å². The molecule has 3 aromatic rings. The Morgan fingerprint density at radius 1 is 0.660 bits per heavy atom. The number of hydrogen-bond acceptors (Lipinski definition) is 8. The van der Waals surface area contributed by atoms with Gasteiger partial charge in [0, 0.05) is 5.56 Å². The van der Waals surface area contributed by atoms with Crippen LogP contribution in [0.3, 0.4) is 0 Å². The first-order valence-electron chi connectivity index (χ1n) is 17.2. The van der Waals surface area contributed by atoms with Crippen LogP contribution in [0.15, 0.2) is 33.5 Å². The molecule has 0 aliphatic heterocycles. The van der Waals surface area contributed by atoms with Crippen molar-refractivity contribution >= 4 is 58.7 Å². The molecule has 8 nitrogen and oxygen atoms in total. The molecule has 264 valence electrons. The van der Waals surface area contributed by atoms with Crippen LogP contribution >= 0.6 is 24.8 Å². The van der Waals surface area contributed by atoms with Gasteiger partial charge in [0.2, 0.25) is 5.43 Å². The zero-order valence-electron chi connectivity index (χ0n) is 28.7. The minimum absolute atomic E-state index is 0. The number of carboxylic acids is 2. The number of carbonyl (C=O) groups is 2. The molecule has 0 spiro atoms. The van der Waals surface area contributed by atoms with Crippen LogP contribution in [0.5, 0.6) is 0 Å². The molecule has 0 bridgehead atoms. The van der Waals surface area contributed by atoms with E-state index in [0.717, 1.165) is 97.1 Å². The lowest BCUT2D eigenvalue weighted by Gasteiger charge is -2.24. The molecule has 0 fully saturated rings. The van der Waals surface area contributed by atoms with E-state index in [0.29, 0.717) is 36.0 Å². The average molecular weight is 694 g/mol. The van der Waals surface area contributed by atoms with Gasteiger partial charge >= 0.3 is 0 Å².